The molecular formula is C20H25N3O3. The van der Waals surface area contributed by atoms with Crippen molar-refractivity contribution in [3.05, 3.63) is 58.5 Å². The second kappa shape index (κ2) is 7.13. The number of piperidine rings is 1. The summed E-state index contributed by atoms with van der Waals surface area (Å²) >= 11 is 0. The van der Waals surface area contributed by atoms with E-state index in [0.29, 0.717) is 24.9 Å². The number of nitrogens with one attached hydrogen (secondary N) is 1. The summed E-state index contributed by atoms with van der Waals surface area (Å²) in [5.41, 5.74) is 2.03. The van der Waals surface area contributed by atoms with Gasteiger partial charge in [-0.3, -0.25) is 9.69 Å². The third-order valence-electron chi connectivity index (χ3n) is 5.41. The Bertz CT molecular complexity index is 835. The number of aliphatic hydroxyl groups excluding tert-OH is 1. The summed E-state index contributed by atoms with van der Waals surface area (Å²) < 4.78 is 1.93. The summed E-state index contributed by atoms with van der Waals surface area (Å²) in [4.78, 5) is 14.4. The molecule has 3 heterocycles. The van der Waals surface area contributed by atoms with Gasteiger partial charge < -0.3 is 20.1 Å². The van der Waals surface area contributed by atoms with Crippen LogP contribution in [0.5, 0.6) is 5.75 Å². The molecule has 1 aromatic carbocycles. The van der Waals surface area contributed by atoms with Crippen molar-refractivity contribution in [2.45, 2.75) is 25.0 Å². The lowest BCUT2D eigenvalue weighted by atomic mass is 9.83. The predicted molar refractivity (Wildman–Crippen MR) is 101 cm³/mol. The molecule has 1 fully saturated rings. The molecule has 0 aliphatic carbocycles. The number of nitrogens with zero attached hydrogens (tertiary/aromatic N) is 2. The zero-order valence-corrected chi connectivity index (χ0v) is 14.7. The number of hydrogen-bond acceptors (Lipinski definition) is 5. The molecule has 6 nitrogen and oxygen atoms in total. The molecule has 2 aromatic rings. The van der Waals surface area contributed by atoms with Gasteiger partial charge in [0.05, 0.1) is 6.10 Å². The molecule has 0 amide bonds. The van der Waals surface area contributed by atoms with Crippen molar-refractivity contribution >= 4 is 5.69 Å². The Hall–Kier alpha value is -2.31. The smallest absolute Gasteiger partial charge is 0.250 e. The zero-order valence-electron chi connectivity index (χ0n) is 14.7. The van der Waals surface area contributed by atoms with Gasteiger partial charge in [0, 0.05) is 62.2 Å². The van der Waals surface area contributed by atoms with Gasteiger partial charge in [-0.1, -0.05) is 12.1 Å². The standard InChI is InChI=1S/C20H25N3O3/c24-17-4-1-3-16(8-17)21-9-18(25)13-22-10-14-7-15(12-22)19-5-2-6-20(26)23(19)11-14/h1-6,8,14-15,18,21,24-25H,7,9-13H2. The number of rotatable bonds is 5. The Kier molecular flexibility index (Phi) is 4.70. The van der Waals surface area contributed by atoms with Gasteiger partial charge in [0.15, 0.2) is 0 Å². The fourth-order valence-electron chi connectivity index (χ4n) is 4.36. The fraction of sp³-hybridized carbons (Fsp3) is 0.450. The highest BCUT2D eigenvalue weighted by Crippen LogP contribution is 2.34. The molecule has 1 saturated heterocycles. The van der Waals surface area contributed by atoms with E-state index < -0.39 is 6.10 Å². The molecule has 3 N–H and O–H groups in total. The minimum atomic E-state index is -0.492. The number of phenolic OH excluding ortho intramolecular Hbond substituents is 1. The van der Waals surface area contributed by atoms with Crippen LogP contribution in [0, 0.1) is 5.92 Å². The second-order valence-corrected chi connectivity index (χ2v) is 7.50. The normalized spacial score (nSPS) is 23.3. The van der Waals surface area contributed by atoms with Crippen molar-refractivity contribution in [1.82, 2.24) is 9.47 Å². The van der Waals surface area contributed by atoms with Crippen molar-refractivity contribution in [2.24, 2.45) is 5.92 Å². The van der Waals surface area contributed by atoms with Crippen LogP contribution in [0.15, 0.2) is 47.3 Å². The highest BCUT2D eigenvalue weighted by atomic mass is 16.3. The maximum Gasteiger partial charge on any atom is 0.250 e. The van der Waals surface area contributed by atoms with E-state index in [1.165, 1.54) is 0 Å². The maximum atomic E-state index is 12.1. The number of aromatic hydroxyl groups is 1. The molecule has 3 atom stereocenters. The molecule has 0 radical (unpaired) electrons. The van der Waals surface area contributed by atoms with E-state index in [1.54, 1.807) is 24.3 Å². The Labute approximate surface area is 152 Å². The van der Waals surface area contributed by atoms with Crippen LogP contribution in [0.1, 0.15) is 18.0 Å². The van der Waals surface area contributed by atoms with Crippen LogP contribution in [-0.2, 0) is 6.54 Å². The molecule has 26 heavy (non-hydrogen) atoms. The number of pyridine rings is 1. The van der Waals surface area contributed by atoms with Gasteiger partial charge in [-0.25, -0.2) is 0 Å². The lowest BCUT2D eigenvalue weighted by Crippen LogP contribution is -2.49. The lowest BCUT2D eigenvalue weighted by Gasteiger charge is -2.43. The summed E-state index contributed by atoms with van der Waals surface area (Å²) in [6, 6.07) is 12.5. The first kappa shape index (κ1) is 17.1. The third-order valence-corrected chi connectivity index (χ3v) is 5.41. The van der Waals surface area contributed by atoms with Crippen LogP contribution in [-0.4, -0.2) is 52.0 Å². The highest BCUT2D eigenvalue weighted by molar-refractivity contribution is 5.47. The number of likely N-dealkylation sites (tertiary alicyclic amines) is 1. The van der Waals surface area contributed by atoms with Gasteiger partial charge in [0.1, 0.15) is 5.75 Å². The first-order valence-corrected chi connectivity index (χ1v) is 9.21. The highest BCUT2D eigenvalue weighted by Gasteiger charge is 2.34. The van der Waals surface area contributed by atoms with Crippen molar-refractivity contribution in [3.63, 3.8) is 0 Å². The van der Waals surface area contributed by atoms with Crippen LogP contribution < -0.4 is 10.9 Å². The number of phenols is 1. The van der Waals surface area contributed by atoms with Crippen LogP contribution >= 0.6 is 0 Å². The predicted octanol–water partition coefficient (Wildman–Crippen LogP) is 1.45. The molecule has 0 spiro atoms. The zero-order chi connectivity index (χ0) is 18.1. The number of fused-ring (bicyclic) bond motifs is 4. The lowest BCUT2D eigenvalue weighted by molar-refractivity contribution is 0.0676. The van der Waals surface area contributed by atoms with E-state index in [0.717, 1.165) is 37.4 Å². The molecule has 1 aromatic heterocycles. The SMILES string of the molecule is O=c1cccc2n1CC1CC2CN(CC(O)CNc2cccc(O)c2)C1. The average Bonchev–Trinajstić information content (AvgIpc) is 2.61. The maximum absolute atomic E-state index is 12.1. The molecule has 2 aliphatic heterocycles. The number of benzene rings is 1. The summed E-state index contributed by atoms with van der Waals surface area (Å²) in [6.45, 7) is 3.62. The molecule has 2 bridgehead atoms. The van der Waals surface area contributed by atoms with E-state index in [2.05, 4.69) is 16.3 Å². The van der Waals surface area contributed by atoms with Crippen LogP contribution in [0.4, 0.5) is 5.69 Å². The Morgan fingerprint density at radius 3 is 2.85 bits per heavy atom. The van der Waals surface area contributed by atoms with E-state index in [4.69, 9.17) is 0 Å². The van der Waals surface area contributed by atoms with Gasteiger partial charge in [-0.15, -0.1) is 0 Å². The number of β-amino-alcohol motifs (C(OH)–C–C–N with tert-alkyl or cyclic N) is 1. The minimum Gasteiger partial charge on any atom is -0.508 e. The van der Waals surface area contributed by atoms with Crippen LogP contribution in [0.25, 0.3) is 0 Å². The Morgan fingerprint density at radius 1 is 1.15 bits per heavy atom. The van der Waals surface area contributed by atoms with E-state index >= 15 is 0 Å². The molecule has 4 rings (SSSR count). The van der Waals surface area contributed by atoms with E-state index in [-0.39, 0.29) is 11.3 Å². The van der Waals surface area contributed by atoms with Crippen LogP contribution in [0.3, 0.4) is 0 Å². The summed E-state index contributed by atoms with van der Waals surface area (Å²) in [5, 5.41) is 23.1. The molecule has 138 valence electrons. The molecule has 0 saturated carbocycles. The third kappa shape index (κ3) is 3.61. The van der Waals surface area contributed by atoms with Gasteiger partial charge >= 0.3 is 0 Å². The monoisotopic (exact) mass is 355 g/mol. The largest absolute Gasteiger partial charge is 0.508 e. The molecule has 3 unspecified atom stereocenters. The Morgan fingerprint density at radius 2 is 2.00 bits per heavy atom. The van der Waals surface area contributed by atoms with Gasteiger partial charge in [0.2, 0.25) is 0 Å². The fourth-order valence-corrected chi connectivity index (χ4v) is 4.36. The quantitative estimate of drug-likeness (QED) is 0.757. The molecule has 6 heteroatoms. The Balaban J connectivity index is 1.36. The average molecular weight is 355 g/mol. The summed E-state index contributed by atoms with van der Waals surface area (Å²) in [7, 11) is 0. The van der Waals surface area contributed by atoms with Crippen molar-refractivity contribution < 1.29 is 10.2 Å². The van der Waals surface area contributed by atoms with E-state index in [1.807, 2.05) is 16.7 Å². The van der Waals surface area contributed by atoms with Crippen molar-refractivity contribution in [1.29, 1.82) is 0 Å². The van der Waals surface area contributed by atoms with Gasteiger partial charge in [-0.2, -0.15) is 0 Å². The first-order valence-electron chi connectivity index (χ1n) is 9.21. The number of anilines is 1. The number of aliphatic hydroxyl groups is 1. The van der Waals surface area contributed by atoms with Crippen molar-refractivity contribution in [3.8, 4) is 5.75 Å². The summed E-state index contributed by atoms with van der Waals surface area (Å²) in [6.07, 6.45) is 0.631. The topological polar surface area (TPSA) is 77.7 Å². The molecule has 2 aliphatic rings. The minimum absolute atomic E-state index is 0.0981. The first-order chi connectivity index (χ1) is 12.6. The number of aromatic nitrogens is 1. The van der Waals surface area contributed by atoms with Gasteiger partial charge in [-0.05, 0) is 30.5 Å². The number of hydrogen-bond donors (Lipinski definition) is 3. The van der Waals surface area contributed by atoms with Gasteiger partial charge in [0.25, 0.3) is 5.56 Å². The van der Waals surface area contributed by atoms with E-state index in [9.17, 15) is 15.0 Å². The second-order valence-electron chi connectivity index (χ2n) is 7.50. The molecular weight excluding hydrogens is 330 g/mol. The van der Waals surface area contributed by atoms with Crippen LogP contribution in [0.2, 0.25) is 0 Å². The summed E-state index contributed by atoms with van der Waals surface area (Å²) in [5.74, 6) is 1.04. The van der Waals surface area contributed by atoms with Crippen molar-refractivity contribution in [2.75, 3.05) is 31.5 Å².